The molecule has 0 unspecified atom stereocenters. The number of hydrogen-bond donors (Lipinski definition) is 1. The zero-order valence-electron chi connectivity index (χ0n) is 9.87. The normalized spacial score (nSPS) is 10.6. The van der Waals surface area contributed by atoms with Crippen molar-refractivity contribution in [3.63, 3.8) is 0 Å². The summed E-state index contributed by atoms with van der Waals surface area (Å²) >= 11 is 6.22. The van der Waals surface area contributed by atoms with Gasteiger partial charge in [0.1, 0.15) is 5.75 Å². The molecule has 0 atom stereocenters. The van der Waals surface area contributed by atoms with E-state index in [1.165, 1.54) is 0 Å². The Bertz CT molecular complexity index is 564. The highest BCUT2D eigenvalue weighted by molar-refractivity contribution is 6.33. The maximum Gasteiger partial charge on any atom is 0.230 e. The van der Waals surface area contributed by atoms with Gasteiger partial charge in [0.15, 0.2) is 0 Å². The maximum atomic E-state index is 6.22. The van der Waals surface area contributed by atoms with E-state index in [2.05, 4.69) is 5.16 Å². The van der Waals surface area contributed by atoms with Crippen LogP contribution in [0.15, 0.2) is 16.8 Å². The van der Waals surface area contributed by atoms with E-state index in [9.17, 15) is 0 Å². The summed E-state index contributed by atoms with van der Waals surface area (Å²) in [6.45, 7) is 3.90. The SMILES string of the molecule is COc1c(Cl)c(C)cc(C)c1-c1cnoc1N. The van der Waals surface area contributed by atoms with Crippen LogP contribution in [0.3, 0.4) is 0 Å². The van der Waals surface area contributed by atoms with E-state index in [0.717, 1.165) is 16.7 Å². The quantitative estimate of drug-likeness (QED) is 0.892. The number of halogens is 1. The molecule has 1 aromatic carbocycles. The zero-order chi connectivity index (χ0) is 12.6. The molecule has 0 saturated carbocycles. The average molecular weight is 253 g/mol. The lowest BCUT2D eigenvalue weighted by Gasteiger charge is -2.14. The minimum atomic E-state index is 0.256. The third-order valence-corrected chi connectivity index (χ3v) is 3.14. The molecule has 0 fully saturated rings. The Morgan fingerprint density at radius 1 is 1.35 bits per heavy atom. The molecule has 2 rings (SSSR count). The molecule has 17 heavy (non-hydrogen) atoms. The van der Waals surface area contributed by atoms with Gasteiger partial charge in [-0.2, -0.15) is 0 Å². The van der Waals surface area contributed by atoms with Crippen LogP contribution in [-0.2, 0) is 0 Å². The lowest BCUT2D eigenvalue weighted by atomic mass is 9.99. The monoisotopic (exact) mass is 252 g/mol. The summed E-state index contributed by atoms with van der Waals surface area (Å²) < 4.78 is 10.2. The number of aromatic nitrogens is 1. The molecule has 0 aliphatic carbocycles. The molecule has 0 spiro atoms. The van der Waals surface area contributed by atoms with E-state index in [0.29, 0.717) is 16.3 Å². The number of nitrogens with two attached hydrogens (primary N) is 1. The third-order valence-electron chi connectivity index (χ3n) is 2.67. The number of benzene rings is 1. The van der Waals surface area contributed by atoms with Crippen LogP contribution < -0.4 is 10.5 Å². The second-order valence-corrected chi connectivity index (χ2v) is 4.21. The minimum Gasteiger partial charge on any atom is -0.495 e. The van der Waals surface area contributed by atoms with E-state index in [1.54, 1.807) is 13.3 Å². The van der Waals surface area contributed by atoms with E-state index in [1.807, 2.05) is 19.9 Å². The Hall–Kier alpha value is -1.68. The number of methoxy groups -OCH3 is 1. The zero-order valence-corrected chi connectivity index (χ0v) is 10.6. The first-order valence-electron chi connectivity index (χ1n) is 5.10. The minimum absolute atomic E-state index is 0.256. The van der Waals surface area contributed by atoms with Crippen molar-refractivity contribution in [1.29, 1.82) is 0 Å². The van der Waals surface area contributed by atoms with Crippen LogP contribution in [0.4, 0.5) is 5.88 Å². The highest BCUT2D eigenvalue weighted by Crippen LogP contribution is 2.42. The topological polar surface area (TPSA) is 61.3 Å². The fourth-order valence-corrected chi connectivity index (χ4v) is 2.12. The fraction of sp³-hybridized carbons (Fsp3) is 0.250. The van der Waals surface area contributed by atoms with Gasteiger partial charge >= 0.3 is 0 Å². The van der Waals surface area contributed by atoms with Crippen molar-refractivity contribution >= 4 is 17.5 Å². The van der Waals surface area contributed by atoms with Gasteiger partial charge in [0, 0.05) is 5.56 Å². The number of nitrogens with zero attached hydrogens (tertiary/aromatic N) is 1. The number of hydrogen-bond acceptors (Lipinski definition) is 4. The summed E-state index contributed by atoms with van der Waals surface area (Å²) in [6.07, 6.45) is 1.56. The molecule has 0 radical (unpaired) electrons. The van der Waals surface area contributed by atoms with Gasteiger partial charge in [0.25, 0.3) is 0 Å². The van der Waals surface area contributed by atoms with Crippen molar-refractivity contribution in [3.05, 3.63) is 28.4 Å². The molecule has 0 bridgehead atoms. The fourth-order valence-electron chi connectivity index (χ4n) is 1.89. The van der Waals surface area contributed by atoms with Crippen molar-refractivity contribution in [3.8, 4) is 16.9 Å². The van der Waals surface area contributed by atoms with Crippen LogP contribution in [0, 0.1) is 13.8 Å². The second-order valence-electron chi connectivity index (χ2n) is 3.84. The van der Waals surface area contributed by atoms with Crippen molar-refractivity contribution in [2.45, 2.75) is 13.8 Å². The Morgan fingerprint density at radius 3 is 2.59 bits per heavy atom. The summed E-state index contributed by atoms with van der Waals surface area (Å²) in [5.41, 5.74) is 9.21. The first-order chi connectivity index (χ1) is 8.06. The van der Waals surface area contributed by atoms with Gasteiger partial charge in [-0.3, -0.25) is 0 Å². The molecule has 90 valence electrons. The van der Waals surface area contributed by atoms with Crippen LogP contribution in [0.25, 0.3) is 11.1 Å². The smallest absolute Gasteiger partial charge is 0.230 e. The number of nitrogen functional groups attached to an aromatic ring is 1. The Kier molecular flexibility index (Phi) is 2.98. The molecular weight excluding hydrogens is 240 g/mol. The van der Waals surface area contributed by atoms with Crippen molar-refractivity contribution in [1.82, 2.24) is 5.16 Å². The molecule has 1 heterocycles. The summed E-state index contributed by atoms with van der Waals surface area (Å²) in [4.78, 5) is 0. The average Bonchev–Trinajstić information content (AvgIpc) is 2.69. The lowest BCUT2D eigenvalue weighted by Crippen LogP contribution is -1.95. The van der Waals surface area contributed by atoms with Gasteiger partial charge < -0.3 is 15.0 Å². The summed E-state index contributed by atoms with van der Waals surface area (Å²) in [6, 6.07) is 1.98. The van der Waals surface area contributed by atoms with Crippen molar-refractivity contribution in [2.24, 2.45) is 0 Å². The first-order valence-corrected chi connectivity index (χ1v) is 5.48. The standard InChI is InChI=1S/C12H13ClN2O2/c1-6-4-7(2)10(13)11(16-3)9(6)8-5-15-17-12(8)14/h4-5H,14H2,1-3H3. The maximum absolute atomic E-state index is 6.22. The van der Waals surface area contributed by atoms with Gasteiger partial charge in [-0.05, 0) is 25.0 Å². The van der Waals surface area contributed by atoms with Gasteiger partial charge in [0.05, 0.1) is 23.9 Å². The van der Waals surface area contributed by atoms with E-state index in [-0.39, 0.29) is 5.88 Å². The Labute approximate surface area is 104 Å². The van der Waals surface area contributed by atoms with Crippen LogP contribution in [-0.4, -0.2) is 12.3 Å². The van der Waals surface area contributed by atoms with Gasteiger partial charge in [-0.25, -0.2) is 0 Å². The van der Waals surface area contributed by atoms with Crippen LogP contribution in [0.5, 0.6) is 5.75 Å². The third kappa shape index (κ3) is 1.85. The Balaban J connectivity index is 2.77. The molecule has 0 saturated heterocycles. The van der Waals surface area contributed by atoms with Gasteiger partial charge in [0.2, 0.25) is 5.88 Å². The molecule has 0 aliphatic rings. The molecule has 4 nitrogen and oxygen atoms in total. The van der Waals surface area contributed by atoms with Gasteiger partial charge in [-0.15, -0.1) is 0 Å². The molecule has 1 aromatic heterocycles. The van der Waals surface area contributed by atoms with E-state index in [4.69, 9.17) is 26.6 Å². The highest BCUT2D eigenvalue weighted by atomic mass is 35.5. The van der Waals surface area contributed by atoms with Crippen LogP contribution in [0.2, 0.25) is 5.02 Å². The van der Waals surface area contributed by atoms with Crippen molar-refractivity contribution < 1.29 is 9.26 Å². The predicted octanol–water partition coefficient (Wildman–Crippen LogP) is 3.20. The molecule has 0 amide bonds. The molecule has 5 heteroatoms. The number of ether oxygens (including phenoxy) is 1. The first kappa shape index (κ1) is 11.8. The number of rotatable bonds is 2. The largest absolute Gasteiger partial charge is 0.495 e. The van der Waals surface area contributed by atoms with Crippen molar-refractivity contribution in [2.75, 3.05) is 12.8 Å². The second kappa shape index (κ2) is 4.30. The van der Waals surface area contributed by atoms with E-state index >= 15 is 0 Å². The molecule has 2 aromatic rings. The molecule has 0 aliphatic heterocycles. The van der Waals surface area contributed by atoms with Crippen LogP contribution >= 0.6 is 11.6 Å². The number of anilines is 1. The molecule has 2 N–H and O–H groups in total. The molecular formula is C12H13ClN2O2. The summed E-state index contributed by atoms with van der Waals surface area (Å²) in [7, 11) is 1.58. The van der Waals surface area contributed by atoms with Crippen LogP contribution in [0.1, 0.15) is 11.1 Å². The van der Waals surface area contributed by atoms with Gasteiger partial charge in [-0.1, -0.05) is 22.8 Å². The summed E-state index contributed by atoms with van der Waals surface area (Å²) in [5, 5.41) is 4.25. The predicted molar refractivity (Wildman–Crippen MR) is 67.4 cm³/mol. The Morgan fingerprint density at radius 2 is 2.06 bits per heavy atom. The highest BCUT2D eigenvalue weighted by Gasteiger charge is 2.19. The number of aryl methyl sites for hydroxylation is 2. The lowest BCUT2D eigenvalue weighted by molar-refractivity contribution is 0.416. The van der Waals surface area contributed by atoms with E-state index < -0.39 is 0 Å². The summed E-state index contributed by atoms with van der Waals surface area (Å²) in [5.74, 6) is 0.852.